The SMILES string of the molecule is CSc1ccc(C(=O)N2CCNCC2c2cccnc2)o1. The molecule has 1 unspecified atom stereocenters. The van der Waals surface area contributed by atoms with Gasteiger partial charge in [0.15, 0.2) is 10.9 Å². The van der Waals surface area contributed by atoms with E-state index >= 15 is 0 Å². The van der Waals surface area contributed by atoms with Gasteiger partial charge in [-0.1, -0.05) is 17.8 Å². The Morgan fingerprint density at radius 1 is 1.48 bits per heavy atom. The predicted molar refractivity (Wildman–Crippen MR) is 81.4 cm³/mol. The average molecular weight is 303 g/mol. The minimum atomic E-state index is -0.0642. The van der Waals surface area contributed by atoms with Gasteiger partial charge in [-0.15, -0.1) is 0 Å². The van der Waals surface area contributed by atoms with Gasteiger partial charge in [0.2, 0.25) is 0 Å². The van der Waals surface area contributed by atoms with E-state index in [0.29, 0.717) is 12.3 Å². The van der Waals surface area contributed by atoms with Crippen LogP contribution < -0.4 is 5.32 Å². The van der Waals surface area contributed by atoms with E-state index in [2.05, 4.69) is 10.3 Å². The highest BCUT2D eigenvalue weighted by Gasteiger charge is 2.30. The van der Waals surface area contributed by atoms with Crippen LogP contribution in [0.4, 0.5) is 0 Å². The number of carbonyl (C=O) groups is 1. The van der Waals surface area contributed by atoms with Gasteiger partial charge in [0.1, 0.15) is 0 Å². The number of rotatable bonds is 3. The van der Waals surface area contributed by atoms with Crippen LogP contribution in [0.15, 0.2) is 46.2 Å². The Bertz CT molecular complexity index is 614. The van der Waals surface area contributed by atoms with Gasteiger partial charge in [-0.2, -0.15) is 0 Å². The highest BCUT2D eigenvalue weighted by Crippen LogP contribution is 2.25. The Morgan fingerprint density at radius 3 is 3.10 bits per heavy atom. The highest BCUT2D eigenvalue weighted by atomic mass is 32.2. The molecule has 2 aromatic rings. The molecule has 0 aliphatic carbocycles. The second-order valence-corrected chi connectivity index (χ2v) is 5.64. The topological polar surface area (TPSA) is 58.4 Å². The Hall–Kier alpha value is -1.79. The first-order chi connectivity index (χ1) is 10.3. The maximum atomic E-state index is 12.7. The summed E-state index contributed by atoms with van der Waals surface area (Å²) in [6.07, 6.45) is 5.48. The zero-order chi connectivity index (χ0) is 14.7. The lowest BCUT2D eigenvalue weighted by atomic mass is 10.1. The lowest BCUT2D eigenvalue weighted by molar-refractivity contribution is 0.0596. The summed E-state index contributed by atoms with van der Waals surface area (Å²) in [4.78, 5) is 18.7. The number of aromatic nitrogens is 1. The van der Waals surface area contributed by atoms with Crippen LogP contribution >= 0.6 is 11.8 Å². The number of amides is 1. The van der Waals surface area contributed by atoms with Crippen molar-refractivity contribution in [3.05, 3.63) is 48.0 Å². The first kappa shape index (κ1) is 14.2. The fraction of sp³-hybridized carbons (Fsp3) is 0.333. The van der Waals surface area contributed by atoms with E-state index in [-0.39, 0.29) is 11.9 Å². The molecule has 1 atom stereocenters. The van der Waals surface area contributed by atoms with Gasteiger partial charge in [-0.3, -0.25) is 9.78 Å². The summed E-state index contributed by atoms with van der Waals surface area (Å²) in [5.41, 5.74) is 1.04. The second-order valence-electron chi connectivity index (χ2n) is 4.83. The van der Waals surface area contributed by atoms with E-state index in [1.165, 1.54) is 11.8 Å². The molecule has 0 saturated carbocycles. The number of piperazine rings is 1. The molecule has 1 amide bonds. The first-order valence-electron chi connectivity index (χ1n) is 6.85. The highest BCUT2D eigenvalue weighted by molar-refractivity contribution is 7.98. The third-order valence-corrected chi connectivity index (χ3v) is 4.19. The van der Waals surface area contributed by atoms with Gasteiger partial charge in [-0.25, -0.2) is 0 Å². The van der Waals surface area contributed by atoms with Crippen molar-refractivity contribution in [2.45, 2.75) is 11.1 Å². The van der Waals surface area contributed by atoms with Crippen molar-refractivity contribution in [2.75, 3.05) is 25.9 Å². The molecule has 0 aromatic carbocycles. The summed E-state index contributed by atoms with van der Waals surface area (Å²) in [5, 5.41) is 4.09. The lowest BCUT2D eigenvalue weighted by Gasteiger charge is -2.35. The minimum Gasteiger partial charge on any atom is -0.445 e. The molecule has 0 bridgehead atoms. The molecular formula is C15H17N3O2S. The maximum absolute atomic E-state index is 12.7. The van der Waals surface area contributed by atoms with E-state index < -0.39 is 0 Å². The fourth-order valence-electron chi connectivity index (χ4n) is 2.50. The van der Waals surface area contributed by atoms with Crippen molar-refractivity contribution in [2.24, 2.45) is 0 Å². The summed E-state index contributed by atoms with van der Waals surface area (Å²) < 4.78 is 5.57. The molecule has 3 heterocycles. The smallest absolute Gasteiger partial charge is 0.290 e. The summed E-state index contributed by atoms with van der Waals surface area (Å²) >= 11 is 1.49. The van der Waals surface area contributed by atoms with Gasteiger partial charge < -0.3 is 14.6 Å². The van der Waals surface area contributed by atoms with Crippen molar-refractivity contribution in [1.82, 2.24) is 15.2 Å². The van der Waals surface area contributed by atoms with Crippen LogP contribution in [0.1, 0.15) is 22.2 Å². The Balaban J connectivity index is 1.85. The number of thioether (sulfide) groups is 1. The Kier molecular flexibility index (Phi) is 4.26. The number of carbonyl (C=O) groups excluding carboxylic acids is 1. The van der Waals surface area contributed by atoms with Crippen LogP contribution in [0.3, 0.4) is 0 Å². The van der Waals surface area contributed by atoms with E-state index in [0.717, 1.165) is 23.7 Å². The number of nitrogens with one attached hydrogen (secondary N) is 1. The van der Waals surface area contributed by atoms with Crippen LogP contribution in [0.5, 0.6) is 0 Å². The van der Waals surface area contributed by atoms with Gasteiger partial charge in [0.05, 0.1) is 6.04 Å². The maximum Gasteiger partial charge on any atom is 0.290 e. The van der Waals surface area contributed by atoms with E-state index in [1.807, 2.05) is 35.6 Å². The molecule has 2 aromatic heterocycles. The molecule has 1 aliphatic heterocycles. The van der Waals surface area contributed by atoms with Crippen LogP contribution in [-0.2, 0) is 0 Å². The van der Waals surface area contributed by atoms with Gasteiger partial charge in [0.25, 0.3) is 5.91 Å². The van der Waals surface area contributed by atoms with Gasteiger partial charge >= 0.3 is 0 Å². The third kappa shape index (κ3) is 2.96. The normalized spacial score (nSPS) is 18.7. The number of pyridine rings is 1. The van der Waals surface area contributed by atoms with Gasteiger partial charge in [0, 0.05) is 32.0 Å². The first-order valence-corrected chi connectivity index (χ1v) is 8.07. The largest absolute Gasteiger partial charge is 0.445 e. The van der Waals surface area contributed by atoms with Crippen LogP contribution in [0, 0.1) is 0 Å². The minimum absolute atomic E-state index is 0.0113. The summed E-state index contributed by atoms with van der Waals surface area (Å²) in [6.45, 7) is 2.18. The predicted octanol–water partition coefficient (Wildman–Crippen LogP) is 2.18. The molecule has 1 fully saturated rings. The average Bonchev–Trinajstić information content (AvgIpc) is 3.04. The molecule has 1 N–H and O–H groups in total. The van der Waals surface area contributed by atoms with Crippen molar-refractivity contribution in [3.63, 3.8) is 0 Å². The lowest BCUT2D eigenvalue weighted by Crippen LogP contribution is -2.48. The van der Waals surface area contributed by atoms with Crippen molar-refractivity contribution in [1.29, 1.82) is 0 Å². The number of nitrogens with zero attached hydrogens (tertiary/aromatic N) is 2. The molecular weight excluding hydrogens is 286 g/mol. The molecule has 0 spiro atoms. The fourth-order valence-corrected chi connectivity index (χ4v) is 2.88. The molecule has 1 saturated heterocycles. The van der Waals surface area contributed by atoms with E-state index in [4.69, 9.17) is 4.42 Å². The summed E-state index contributed by atoms with van der Waals surface area (Å²) in [6, 6.07) is 7.46. The molecule has 21 heavy (non-hydrogen) atoms. The molecule has 5 nitrogen and oxygen atoms in total. The Labute approximate surface area is 127 Å². The second kappa shape index (κ2) is 6.32. The Morgan fingerprint density at radius 2 is 2.38 bits per heavy atom. The summed E-state index contributed by atoms with van der Waals surface area (Å²) in [7, 11) is 0. The van der Waals surface area contributed by atoms with Crippen molar-refractivity contribution >= 4 is 17.7 Å². The van der Waals surface area contributed by atoms with E-state index in [9.17, 15) is 4.79 Å². The monoisotopic (exact) mass is 303 g/mol. The van der Waals surface area contributed by atoms with Crippen molar-refractivity contribution < 1.29 is 9.21 Å². The zero-order valence-corrected chi connectivity index (χ0v) is 12.6. The van der Waals surface area contributed by atoms with Crippen LogP contribution in [-0.4, -0.2) is 41.7 Å². The zero-order valence-electron chi connectivity index (χ0n) is 11.8. The molecule has 1 aliphatic rings. The number of hydrogen-bond acceptors (Lipinski definition) is 5. The third-order valence-electron chi connectivity index (χ3n) is 3.57. The van der Waals surface area contributed by atoms with Crippen molar-refractivity contribution in [3.8, 4) is 0 Å². The quantitative estimate of drug-likeness (QED) is 0.881. The number of hydrogen-bond donors (Lipinski definition) is 1. The van der Waals surface area contributed by atoms with Crippen LogP contribution in [0.25, 0.3) is 0 Å². The summed E-state index contributed by atoms with van der Waals surface area (Å²) in [5.74, 6) is 0.334. The van der Waals surface area contributed by atoms with Crippen LogP contribution in [0.2, 0.25) is 0 Å². The van der Waals surface area contributed by atoms with E-state index in [1.54, 1.807) is 12.3 Å². The standard InChI is InChI=1S/C15H17N3O2S/c1-21-14-5-4-13(20-14)15(19)18-8-7-17-10-12(18)11-3-2-6-16-9-11/h2-6,9,12,17H,7-8,10H2,1H3. The molecule has 3 rings (SSSR count). The van der Waals surface area contributed by atoms with Gasteiger partial charge in [-0.05, 0) is 30.0 Å². The molecule has 110 valence electrons. The number of furan rings is 1. The molecule has 0 radical (unpaired) electrons. The molecule has 6 heteroatoms.